The maximum absolute atomic E-state index is 11.8. The van der Waals surface area contributed by atoms with Crippen LogP contribution in [0.4, 0.5) is 0 Å². The van der Waals surface area contributed by atoms with Crippen molar-refractivity contribution in [2.75, 3.05) is 6.61 Å². The number of hydrogen-bond donors (Lipinski definition) is 0. The van der Waals surface area contributed by atoms with E-state index in [0.29, 0.717) is 5.56 Å². The molecule has 0 spiro atoms. The standard InChI is InChI=1S/C15H16O4/c1-3-11-5-7-12(8-6-11)14(17)9-13(16)10-15(18)19-4-2/h3,5-8H,1,4,9-10H2,2H3. The van der Waals surface area contributed by atoms with Gasteiger partial charge in [-0.05, 0) is 12.5 Å². The van der Waals surface area contributed by atoms with E-state index in [-0.39, 0.29) is 25.2 Å². The largest absolute Gasteiger partial charge is 0.466 e. The maximum atomic E-state index is 11.8. The minimum atomic E-state index is -0.595. The number of esters is 1. The Morgan fingerprint density at radius 1 is 1.16 bits per heavy atom. The molecule has 0 saturated heterocycles. The molecule has 19 heavy (non-hydrogen) atoms. The van der Waals surface area contributed by atoms with E-state index in [1.807, 2.05) is 0 Å². The van der Waals surface area contributed by atoms with Crippen molar-refractivity contribution in [2.24, 2.45) is 0 Å². The lowest BCUT2D eigenvalue weighted by Crippen LogP contribution is -2.14. The van der Waals surface area contributed by atoms with Crippen molar-refractivity contribution in [3.63, 3.8) is 0 Å². The zero-order chi connectivity index (χ0) is 14.3. The van der Waals surface area contributed by atoms with E-state index in [1.165, 1.54) is 0 Å². The van der Waals surface area contributed by atoms with Gasteiger partial charge >= 0.3 is 5.97 Å². The molecule has 1 aromatic rings. The van der Waals surface area contributed by atoms with E-state index in [1.54, 1.807) is 37.3 Å². The summed E-state index contributed by atoms with van der Waals surface area (Å²) in [6, 6.07) is 6.76. The summed E-state index contributed by atoms with van der Waals surface area (Å²) in [7, 11) is 0. The third-order valence-electron chi connectivity index (χ3n) is 2.47. The number of hydrogen-bond acceptors (Lipinski definition) is 4. The highest BCUT2D eigenvalue weighted by Gasteiger charge is 2.15. The number of rotatable bonds is 7. The van der Waals surface area contributed by atoms with Crippen molar-refractivity contribution >= 4 is 23.6 Å². The van der Waals surface area contributed by atoms with E-state index < -0.39 is 11.8 Å². The van der Waals surface area contributed by atoms with Gasteiger partial charge in [0, 0.05) is 5.56 Å². The molecule has 0 amide bonds. The van der Waals surface area contributed by atoms with Gasteiger partial charge in [-0.25, -0.2) is 0 Å². The number of ether oxygens (including phenoxy) is 1. The van der Waals surface area contributed by atoms with Gasteiger partial charge in [-0.2, -0.15) is 0 Å². The minimum Gasteiger partial charge on any atom is -0.466 e. The van der Waals surface area contributed by atoms with Crippen LogP contribution in [-0.2, 0) is 14.3 Å². The molecule has 100 valence electrons. The fourth-order valence-corrected chi connectivity index (χ4v) is 1.52. The molecule has 4 heteroatoms. The third-order valence-corrected chi connectivity index (χ3v) is 2.47. The molecule has 0 bridgehead atoms. The van der Waals surface area contributed by atoms with Crippen LogP contribution >= 0.6 is 0 Å². The molecule has 0 saturated carbocycles. The number of benzene rings is 1. The molecule has 0 N–H and O–H groups in total. The van der Waals surface area contributed by atoms with Crippen LogP contribution in [0.5, 0.6) is 0 Å². The van der Waals surface area contributed by atoms with Crippen LogP contribution in [-0.4, -0.2) is 24.1 Å². The summed E-state index contributed by atoms with van der Waals surface area (Å²) in [4.78, 5) is 34.4. The van der Waals surface area contributed by atoms with Gasteiger partial charge in [0.15, 0.2) is 11.6 Å². The minimum absolute atomic E-state index is 0.225. The third kappa shape index (κ3) is 4.87. The molecular formula is C15H16O4. The second kappa shape index (κ2) is 7.26. The fraction of sp³-hybridized carbons (Fsp3) is 0.267. The molecule has 1 aromatic carbocycles. The van der Waals surface area contributed by atoms with Crippen molar-refractivity contribution in [2.45, 2.75) is 19.8 Å². The quantitative estimate of drug-likeness (QED) is 0.429. The first-order valence-corrected chi connectivity index (χ1v) is 5.99. The van der Waals surface area contributed by atoms with Gasteiger partial charge < -0.3 is 4.74 Å². The van der Waals surface area contributed by atoms with E-state index in [2.05, 4.69) is 11.3 Å². The molecule has 0 aliphatic carbocycles. The Kier molecular flexibility index (Phi) is 5.67. The van der Waals surface area contributed by atoms with Crippen LogP contribution in [0, 0.1) is 0 Å². The van der Waals surface area contributed by atoms with Crippen molar-refractivity contribution in [3.05, 3.63) is 42.0 Å². The average Bonchev–Trinajstić information content (AvgIpc) is 2.38. The number of ketones is 2. The van der Waals surface area contributed by atoms with Crippen molar-refractivity contribution in [1.82, 2.24) is 0 Å². The second-order valence-electron chi connectivity index (χ2n) is 3.95. The maximum Gasteiger partial charge on any atom is 0.313 e. The molecule has 0 fully saturated rings. The Hall–Kier alpha value is -2.23. The lowest BCUT2D eigenvalue weighted by atomic mass is 10.0. The highest BCUT2D eigenvalue weighted by Crippen LogP contribution is 2.09. The number of carbonyl (C=O) groups excluding carboxylic acids is 3. The van der Waals surface area contributed by atoms with Crippen molar-refractivity contribution in [1.29, 1.82) is 0 Å². The van der Waals surface area contributed by atoms with Gasteiger partial charge in [0.1, 0.15) is 6.42 Å². The molecule has 0 radical (unpaired) electrons. The van der Waals surface area contributed by atoms with Crippen molar-refractivity contribution in [3.8, 4) is 0 Å². The Morgan fingerprint density at radius 2 is 1.79 bits per heavy atom. The smallest absolute Gasteiger partial charge is 0.313 e. The first-order valence-electron chi connectivity index (χ1n) is 5.99. The second-order valence-corrected chi connectivity index (χ2v) is 3.95. The van der Waals surface area contributed by atoms with E-state index in [0.717, 1.165) is 5.56 Å². The van der Waals surface area contributed by atoms with Crippen molar-refractivity contribution < 1.29 is 19.1 Å². The lowest BCUT2D eigenvalue weighted by molar-refractivity contribution is -0.145. The van der Waals surface area contributed by atoms with Gasteiger partial charge in [-0.1, -0.05) is 36.9 Å². The lowest BCUT2D eigenvalue weighted by Gasteiger charge is -2.02. The van der Waals surface area contributed by atoms with Crippen LogP contribution in [0.15, 0.2) is 30.8 Å². The van der Waals surface area contributed by atoms with Crippen LogP contribution in [0.3, 0.4) is 0 Å². The average molecular weight is 260 g/mol. The monoisotopic (exact) mass is 260 g/mol. The molecule has 0 aromatic heterocycles. The summed E-state index contributed by atoms with van der Waals surface area (Å²) in [6.07, 6.45) is 1.02. The molecule has 0 aliphatic rings. The summed E-state index contributed by atoms with van der Waals surface area (Å²) < 4.78 is 4.65. The molecule has 0 aliphatic heterocycles. The SMILES string of the molecule is C=Cc1ccc(C(=O)CC(=O)CC(=O)OCC)cc1. The molecular weight excluding hydrogens is 244 g/mol. The normalized spacial score (nSPS) is 9.74. The van der Waals surface area contributed by atoms with E-state index in [4.69, 9.17) is 0 Å². The van der Waals surface area contributed by atoms with Gasteiger partial charge in [0.2, 0.25) is 0 Å². The van der Waals surface area contributed by atoms with Crippen LogP contribution in [0.2, 0.25) is 0 Å². The zero-order valence-electron chi connectivity index (χ0n) is 10.8. The molecule has 0 unspecified atom stereocenters. The van der Waals surface area contributed by atoms with Gasteiger partial charge in [-0.15, -0.1) is 0 Å². The van der Waals surface area contributed by atoms with Crippen LogP contribution in [0.25, 0.3) is 6.08 Å². The zero-order valence-corrected chi connectivity index (χ0v) is 10.8. The summed E-state index contributed by atoms with van der Waals surface area (Å²) in [6.45, 7) is 5.50. The van der Waals surface area contributed by atoms with Gasteiger partial charge in [0.25, 0.3) is 0 Å². The predicted octanol–water partition coefficient (Wildman–Crippen LogP) is 2.42. The molecule has 0 atom stereocenters. The Labute approximate surface area is 112 Å². The predicted molar refractivity (Wildman–Crippen MR) is 71.7 cm³/mol. The topological polar surface area (TPSA) is 60.4 Å². The van der Waals surface area contributed by atoms with Gasteiger partial charge in [-0.3, -0.25) is 14.4 Å². The van der Waals surface area contributed by atoms with E-state index in [9.17, 15) is 14.4 Å². The summed E-state index contributed by atoms with van der Waals surface area (Å²) in [5.74, 6) is -1.33. The highest BCUT2D eigenvalue weighted by molar-refractivity contribution is 6.11. The molecule has 4 nitrogen and oxygen atoms in total. The number of carbonyl (C=O) groups is 3. The summed E-state index contributed by atoms with van der Waals surface area (Å²) in [5.41, 5.74) is 1.34. The highest BCUT2D eigenvalue weighted by atomic mass is 16.5. The Morgan fingerprint density at radius 3 is 2.32 bits per heavy atom. The summed E-state index contributed by atoms with van der Waals surface area (Å²) >= 11 is 0. The molecule has 1 rings (SSSR count). The Bertz CT molecular complexity index is 485. The first kappa shape index (κ1) is 14.8. The van der Waals surface area contributed by atoms with Crippen LogP contribution < -0.4 is 0 Å². The first-order chi connectivity index (χ1) is 9.06. The van der Waals surface area contributed by atoms with Crippen LogP contribution in [0.1, 0.15) is 35.7 Å². The summed E-state index contributed by atoms with van der Waals surface area (Å²) in [5, 5.41) is 0. The number of Topliss-reactive ketones (excluding diaryl/α,β-unsaturated/α-hetero) is 2. The van der Waals surface area contributed by atoms with E-state index >= 15 is 0 Å². The Balaban J connectivity index is 2.56. The molecule has 0 heterocycles. The fourth-order valence-electron chi connectivity index (χ4n) is 1.52. The van der Waals surface area contributed by atoms with Gasteiger partial charge in [0.05, 0.1) is 13.0 Å².